The highest BCUT2D eigenvalue weighted by molar-refractivity contribution is 6.08. The minimum Gasteiger partial charge on any atom is -0.397 e. The van der Waals surface area contributed by atoms with E-state index >= 15 is 0 Å². The van der Waals surface area contributed by atoms with Gasteiger partial charge in [-0.3, -0.25) is 9.78 Å². The van der Waals surface area contributed by atoms with Crippen molar-refractivity contribution in [1.82, 2.24) is 4.98 Å². The summed E-state index contributed by atoms with van der Waals surface area (Å²) in [5.41, 5.74) is 9.63. The molecule has 0 spiro atoms. The first kappa shape index (κ1) is 14.1. The van der Waals surface area contributed by atoms with Gasteiger partial charge < -0.3 is 11.1 Å². The zero-order valence-corrected chi connectivity index (χ0v) is 12.0. The molecule has 104 valence electrons. The molecule has 1 heterocycles. The molecule has 20 heavy (non-hydrogen) atoms. The number of para-hydroxylation sites is 1. The highest BCUT2D eigenvalue weighted by atomic mass is 16.1. The minimum atomic E-state index is -0.207. The van der Waals surface area contributed by atoms with Crippen molar-refractivity contribution in [2.24, 2.45) is 0 Å². The summed E-state index contributed by atoms with van der Waals surface area (Å²) in [6.07, 6.45) is 3.04. The highest BCUT2D eigenvalue weighted by Gasteiger charge is 2.14. The number of nitrogens with two attached hydrogens (primary N) is 1. The number of aryl methyl sites for hydroxylation is 1. The quantitative estimate of drug-likeness (QED) is 0.897. The Kier molecular flexibility index (Phi) is 4.03. The third-order valence-corrected chi connectivity index (χ3v) is 3.26. The molecule has 2 rings (SSSR count). The van der Waals surface area contributed by atoms with E-state index in [1.165, 1.54) is 6.20 Å². The molecule has 0 radical (unpaired) electrons. The first-order valence-corrected chi connectivity index (χ1v) is 6.61. The van der Waals surface area contributed by atoms with Crippen LogP contribution in [0.5, 0.6) is 0 Å². The van der Waals surface area contributed by atoms with Crippen LogP contribution in [0, 0.1) is 6.92 Å². The number of aromatic nitrogens is 1. The lowest BCUT2D eigenvalue weighted by Crippen LogP contribution is -2.16. The number of carbonyl (C=O) groups excluding carboxylic acids is 1. The molecular weight excluding hydrogens is 250 g/mol. The Labute approximate surface area is 119 Å². The molecular formula is C16H19N3O. The third-order valence-electron chi connectivity index (χ3n) is 3.26. The van der Waals surface area contributed by atoms with Gasteiger partial charge in [0.1, 0.15) is 0 Å². The summed E-state index contributed by atoms with van der Waals surface area (Å²) in [5.74, 6) is 0.126. The van der Waals surface area contributed by atoms with Crippen LogP contribution in [-0.2, 0) is 0 Å². The molecule has 0 atom stereocenters. The molecule has 0 fully saturated rings. The number of benzene rings is 1. The van der Waals surface area contributed by atoms with Gasteiger partial charge in [-0.05, 0) is 30.0 Å². The van der Waals surface area contributed by atoms with Gasteiger partial charge in [-0.25, -0.2) is 0 Å². The van der Waals surface area contributed by atoms with Crippen LogP contribution in [0.15, 0.2) is 36.7 Å². The van der Waals surface area contributed by atoms with Gasteiger partial charge in [0.05, 0.1) is 17.4 Å². The molecule has 0 aliphatic heterocycles. The minimum absolute atomic E-state index is 0.207. The van der Waals surface area contributed by atoms with Gasteiger partial charge in [0.15, 0.2) is 0 Å². The number of rotatable bonds is 3. The molecule has 0 aliphatic rings. The van der Waals surface area contributed by atoms with Crippen molar-refractivity contribution in [3.63, 3.8) is 0 Å². The molecule has 0 unspecified atom stereocenters. The number of nitrogens with zero attached hydrogens (tertiary/aromatic N) is 1. The van der Waals surface area contributed by atoms with E-state index in [1.807, 2.05) is 25.1 Å². The monoisotopic (exact) mass is 269 g/mol. The molecule has 1 amide bonds. The fourth-order valence-corrected chi connectivity index (χ4v) is 2.14. The Morgan fingerprint density at radius 1 is 1.30 bits per heavy atom. The highest BCUT2D eigenvalue weighted by Crippen LogP contribution is 2.28. The predicted octanol–water partition coefficient (Wildman–Crippen LogP) is 3.35. The average molecular weight is 269 g/mol. The van der Waals surface area contributed by atoms with E-state index in [0.717, 1.165) is 16.8 Å². The van der Waals surface area contributed by atoms with Crippen LogP contribution >= 0.6 is 0 Å². The van der Waals surface area contributed by atoms with Crippen molar-refractivity contribution in [2.45, 2.75) is 26.7 Å². The fraction of sp³-hybridized carbons (Fsp3) is 0.250. The summed E-state index contributed by atoms with van der Waals surface area (Å²) in [6.45, 7) is 6.19. The lowest BCUT2D eigenvalue weighted by atomic mass is 9.98. The molecule has 2 aromatic rings. The van der Waals surface area contributed by atoms with Crippen LogP contribution in [0.1, 0.15) is 41.3 Å². The molecule has 4 nitrogen and oxygen atoms in total. The first-order valence-electron chi connectivity index (χ1n) is 6.61. The lowest BCUT2D eigenvalue weighted by Gasteiger charge is -2.16. The molecule has 3 N–H and O–H groups in total. The molecule has 4 heteroatoms. The van der Waals surface area contributed by atoms with Crippen molar-refractivity contribution in [3.05, 3.63) is 53.3 Å². The first-order chi connectivity index (χ1) is 9.50. The predicted molar refractivity (Wildman–Crippen MR) is 81.9 cm³/mol. The Morgan fingerprint density at radius 2 is 2.05 bits per heavy atom. The van der Waals surface area contributed by atoms with E-state index in [4.69, 9.17) is 5.73 Å². The van der Waals surface area contributed by atoms with Gasteiger partial charge in [0, 0.05) is 11.9 Å². The smallest absolute Gasteiger partial charge is 0.257 e. The van der Waals surface area contributed by atoms with Crippen molar-refractivity contribution in [1.29, 1.82) is 0 Å². The number of hydrogen-bond acceptors (Lipinski definition) is 3. The fourth-order valence-electron chi connectivity index (χ4n) is 2.14. The van der Waals surface area contributed by atoms with E-state index in [9.17, 15) is 4.79 Å². The van der Waals surface area contributed by atoms with Crippen molar-refractivity contribution < 1.29 is 4.79 Å². The van der Waals surface area contributed by atoms with Gasteiger partial charge in [-0.2, -0.15) is 0 Å². The van der Waals surface area contributed by atoms with E-state index in [1.54, 1.807) is 12.3 Å². The largest absolute Gasteiger partial charge is 0.397 e. The number of carbonyl (C=O) groups is 1. The average Bonchev–Trinajstić information content (AvgIpc) is 2.41. The zero-order valence-electron chi connectivity index (χ0n) is 12.0. The van der Waals surface area contributed by atoms with Crippen LogP contribution in [-0.4, -0.2) is 10.9 Å². The van der Waals surface area contributed by atoms with E-state index in [2.05, 4.69) is 24.1 Å². The van der Waals surface area contributed by atoms with Crippen LogP contribution in [0.2, 0.25) is 0 Å². The second kappa shape index (κ2) is 5.74. The zero-order chi connectivity index (χ0) is 14.7. The maximum atomic E-state index is 12.3. The Balaban J connectivity index is 2.36. The van der Waals surface area contributed by atoms with Crippen LogP contribution in [0.3, 0.4) is 0 Å². The maximum absolute atomic E-state index is 12.3. The van der Waals surface area contributed by atoms with Crippen LogP contribution < -0.4 is 11.1 Å². The third kappa shape index (κ3) is 2.79. The second-order valence-corrected chi connectivity index (χ2v) is 5.11. The van der Waals surface area contributed by atoms with Crippen LogP contribution in [0.4, 0.5) is 11.4 Å². The van der Waals surface area contributed by atoms with E-state index in [-0.39, 0.29) is 5.91 Å². The maximum Gasteiger partial charge on any atom is 0.257 e. The summed E-state index contributed by atoms with van der Waals surface area (Å²) in [4.78, 5) is 16.2. The Hall–Kier alpha value is -2.36. The van der Waals surface area contributed by atoms with Gasteiger partial charge >= 0.3 is 0 Å². The summed E-state index contributed by atoms with van der Waals surface area (Å²) in [5, 5.41) is 2.97. The molecule has 0 aliphatic carbocycles. The summed E-state index contributed by atoms with van der Waals surface area (Å²) in [7, 11) is 0. The van der Waals surface area contributed by atoms with E-state index in [0.29, 0.717) is 17.2 Å². The normalized spacial score (nSPS) is 10.6. The molecule has 1 aromatic heterocycles. The number of anilines is 2. The van der Waals surface area contributed by atoms with Gasteiger partial charge in [0.25, 0.3) is 5.91 Å². The Morgan fingerprint density at radius 3 is 2.70 bits per heavy atom. The van der Waals surface area contributed by atoms with Crippen molar-refractivity contribution in [2.75, 3.05) is 11.1 Å². The molecule has 0 bridgehead atoms. The van der Waals surface area contributed by atoms with Gasteiger partial charge in [-0.1, -0.05) is 32.0 Å². The number of nitrogen functional groups attached to an aromatic ring is 1. The Bertz CT molecular complexity index is 635. The van der Waals surface area contributed by atoms with Gasteiger partial charge in [0.2, 0.25) is 0 Å². The second-order valence-electron chi connectivity index (χ2n) is 5.11. The number of hydrogen-bond donors (Lipinski definition) is 2. The van der Waals surface area contributed by atoms with Gasteiger partial charge in [-0.15, -0.1) is 0 Å². The standard InChI is InChI=1S/C16H19N3O/c1-10(2)12-6-4-5-11(3)15(12)19-16(20)13-7-8-18-9-14(13)17/h4-10H,17H2,1-3H3,(H,19,20). The van der Waals surface area contributed by atoms with Crippen molar-refractivity contribution >= 4 is 17.3 Å². The summed E-state index contributed by atoms with van der Waals surface area (Å²) >= 11 is 0. The molecule has 0 saturated heterocycles. The summed E-state index contributed by atoms with van der Waals surface area (Å²) < 4.78 is 0. The summed E-state index contributed by atoms with van der Waals surface area (Å²) in [6, 6.07) is 7.64. The van der Waals surface area contributed by atoms with Crippen molar-refractivity contribution in [3.8, 4) is 0 Å². The van der Waals surface area contributed by atoms with E-state index < -0.39 is 0 Å². The number of amides is 1. The number of pyridine rings is 1. The SMILES string of the molecule is Cc1cccc(C(C)C)c1NC(=O)c1ccncc1N. The topological polar surface area (TPSA) is 68.0 Å². The molecule has 0 saturated carbocycles. The molecule has 1 aromatic carbocycles. The van der Waals surface area contributed by atoms with Crippen LogP contribution in [0.25, 0.3) is 0 Å². The number of nitrogens with one attached hydrogen (secondary N) is 1. The lowest BCUT2D eigenvalue weighted by molar-refractivity contribution is 0.102.